The Hall–Kier alpha value is -3.03. The lowest BCUT2D eigenvalue weighted by molar-refractivity contribution is -0.142. The first-order valence-electron chi connectivity index (χ1n) is 10.2. The van der Waals surface area contributed by atoms with Gasteiger partial charge < -0.3 is 20.0 Å². The summed E-state index contributed by atoms with van der Waals surface area (Å²) in [7, 11) is 1.34. The summed E-state index contributed by atoms with van der Waals surface area (Å²) in [5.74, 6) is -0.237. The molecule has 1 aliphatic heterocycles. The minimum Gasteiger partial charge on any atom is -0.493 e. The smallest absolute Gasteiger partial charge is 0.362 e. The SMILES string of the molecule is C=CCCCC(CC)(CC(=O)OC)N=C(N)NOC(=O)c1ccc2c(c1)CCCO2. The van der Waals surface area contributed by atoms with Crippen molar-refractivity contribution >= 4 is 17.9 Å². The molecule has 8 nitrogen and oxygen atoms in total. The second-order valence-electron chi connectivity index (χ2n) is 7.27. The molecular formula is C22H31N3O5. The molecule has 0 bridgehead atoms. The van der Waals surface area contributed by atoms with Crippen LogP contribution in [0.5, 0.6) is 5.75 Å². The van der Waals surface area contributed by atoms with Crippen LogP contribution in [0.1, 0.15) is 61.4 Å². The number of methoxy groups -OCH3 is 1. The van der Waals surface area contributed by atoms with E-state index in [0.717, 1.165) is 37.0 Å². The summed E-state index contributed by atoms with van der Waals surface area (Å²) < 4.78 is 10.4. The number of hydroxylamine groups is 1. The number of fused-ring (bicyclic) bond motifs is 1. The number of nitrogens with one attached hydrogen (secondary N) is 1. The number of benzene rings is 1. The summed E-state index contributed by atoms with van der Waals surface area (Å²) in [5.41, 5.74) is 8.99. The number of guanidine groups is 1. The highest BCUT2D eigenvalue weighted by molar-refractivity contribution is 5.91. The van der Waals surface area contributed by atoms with Gasteiger partial charge in [-0.1, -0.05) is 13.0 Å². The van der Waals surface area contributed by atoms with Gasteiger partial charge in [0.1, 0.15) is 5.75 Å². The number of esters is 1. The van der Waals surface area contributed by atoms with Gasteiger partial charge in [-0.05, 0) is 62.3 Å². The van der Waals surface area contributed by atoms with E-state index in [1.54, 1.807) is 18.2 Å². The summed E-state index contributed by atoms with van der Waals surface area (Å²) in [5, 5.41) is 0. The van der Waals surface area contributed by atoms with Gasteiger partial charge in [0, 0.05) is 0 Å². The van der Waals surface area contributed by atoms with Crippen molar-refractivity contribution < 1.29 is 23.9 Å². The molecule has 30 heavy (non-hydrogen) atoms. The number of aliphatic imine (C=N–C) groups is 1. The van der Waals surface area contributed by atoms with Crippen molar-refractivity contribution in [2.45, 2.75) is 57.4 Å². The van der Waals surface area contributed by atoms with Crippen molar-refractivity contribution in [3.8, 4) is 5.75 Å². The Kier molecular flexibility index (Phi) is 8.70. The first kappa shape index (κ1) is 23.3. The topological polar surface area (TPSA) is 112 Å². The summed E-state index contributed by atoms with van der Waals surface area (Å²) in [6.45, 7) is 6.33. The van der Waals surface area contributed by atoms with E-state index >= 15 is 0 Å². The summed E-state index contributed by atoms with van der Waals surface area (Å²) in [4.78, 5) is 33.9. The van der Waals surface area contributed by atoms with Crippen LogP contribution in [0.3, 0.4) is 0 Å². The number of ether oxygens (including phenoxy) is 2. The molecule has 0 saturated carbocycles. The molecule has 0 fully saturated rings. The van der Waals surface area contributed by atoms with Crippen LogP contribution in [0.25, 0.3) is 0 Å². The van der Waals surface area contributed by atoms with Crippen LogP contribution >= 0.6 is 0 Å². The number of nitrogens with two attached hydrogens (primary N) is 1. The molecule has 0 spiro atoms. The largest absolute Gasteiger partial charge is 0.493 e. The molecule has 2 rings (SSSR count). The van der Waals surface area contributed by atoms with Gasteiger partial charge in [0.25, 0.3) is 0 Å². The number of carbonyl (C=O) groups is 2. The number of unbranched alkanes of at least 4 members (excludes halogenated alkanes) is 1. The number of hydrogen-bond donors (Lipinski definition) is 2. The number of carbonyl (C=O) groups excluding carboxylic acids is 2. The highest BCUT2D eigenvalue weighted by Crippen LogP contribution is 2.28. The Bertz CT molecular complexity index is 793. The second kappa shape index (κ2) is 11.2. The fraction of sp³-hybridized carbons (Fsp3) is 0.500. The zero-order valence-electron chi connectivity index (χ0n) is 17.7. The van der Waals surface area contributed by atoms with Crippen LogP contribution in [0, 0.1) is 0 Å². The highest BCUT2D eigenvalue weighted by atomic mass is 16.7. The number of aryl methyl sites for hydroxylation is 1. The Morgan fingerprint density at radius 1 is 1.43 bits per heavy atom. The average molecular weight is 418 g/mol. The van der Waals surface area contributed by atoms with Crippen molar-refractivity contribution in [1.29, 1.82) is 0 Å². The highest BCUT2D eigenvalue weighted by Gasteiger charge is 2.31. The number of nitrogens with zero attached hydrogens (tertiary/aromatic N) is 1. The van der Waals surface area contributed by atoms with E-state index in [1.165, 1.54) is 7.11 Å². The van der Waals surface area contributed by atoms with Gasteiger partial charge in [-0.2, -0.15) is 5.48 Å². The minimum atomic E-state index is -0.747. The maximum absolute atomic E-state index is 12.4. The zero-order valence-corrected chi connectivity index (χ0v) is 17.7. The van der Waals surface area contributed by atoms with Crippen LogP contribution in [0.15, 0.2) is 35.8 Å². The molecule has 1 aromatic carbocycles. The van der Waals surface area contributed by atoms with E-state index in [4.69, 9.17) is 20.0 Å². The number of rotatable bonds is 9. The van der Waals surface area contributed by atoms with Crippen molar-refractivity contribution in [2.24, 2.45) is 10.7 Å². The van der Waals surface area contributed by atoms with Crippen LogP contribution in [-0.4, -0.2) is 37.2 Å². The van der Waals surface area contributed by atoms with Gasteiger partial charge >= 0.3 is 11.9 Å². The number of allylic oxidation sites excluding steroid dienone is 1. The van der Waals surface area contributed by atoms with Gasteiger partial charge in [-0.25, -0.2) is 9.79 Å². The van der Waals surface area contributed by atoms with E-state index in [1.807, 2.05) is 13.0 Å². The number of hydrogen-bond acceptors (Lipinski definition) is 6. The molecule has 1 heterocycles. The Morgan fingerprint density at radius 2 is 2.23 bits per heavy atom. The maximum atomic E-state index is 12.4. The van der Waals surface area contributed by atoms with Crippen LogP contribution < -0.4 is 16.0 Å². The van der Waals surface area contributed by atoms with Crippen LogP contribution in [0.2, 0.25) is 0 Å². The molecule has 0 radical (unpaired) electrons. The predicted molar refractivity (Wildman–Crippen MR) is 114 cm³/mol. The third-order valence-corrected chi connectivity index (χ3v) is 5.16. The van der Waals surface area contributed by atoms with Crippen molar-refractivity contribution in [1.82, 2.24) is 5.48 Å². The standard InChI is InChI=1S/C22H31N3O5/c1-4-6-7-12-22(5-2,15-19(26)28-3)24-21(23)25-30-20(27)17-10-11-18-16(14-17)9-8-13-29-18/h4,10-11,14H,1,5-9,12-13,15H2,2-3H3,(H3,23,24,25). The maximum Gasteiger partial charge on any atom is 0.362 e. The first-order chi connectivity index (χ1) is 14.4. The predicted octanol–water partition coefficient (Wildman–Crippen LogP) is 3.06. The lowest BCUT2D eigenvalue weighted by Crippen LogP contribution is -2.39. The zero-order chi connectivity index (χ0) is 22.0. The summed E-state index contributed by atoms with van der Waals surface area (Å²) >= 11 is 0. The van der Waals surface area contributed by atoms with E-state index in [2.05, 4.69) is 17.1 Å². The molecule has 3 N–H and O–H groups in total. The third kappa shape index (κ3) is 6.50. The monoisotopic (exact) mass is 417 g/mol. The molecule has 0 aromatic heterocycles. The second-order valence-corrected chi connectivity index (χ2v) is 7.27. The molecular weight excluding hydrogens is 386 g/mol. The lowest BCUT2D eigenvalue weighted by Gasteiger charge is -2.28. The van der Waals surface area contributed by atoms with E-state index in [9.17, 15) is 9.59 Å². The molecule has 0 amide bonds. The van der Waals surface area contributed by atoms with Gasteiger partial charge in [0.15, 0.2) is 0 Å². The molecule has 1 unspecified atom stereocenters. The van der Waals surface area contributed by atoms with Crippen molar-refractivity contribution in [2.75, 3.05) is 13.7 Å². The fourth-order valence-electron chi connectivity index (χ4n) is 3.40. The molecule has 1 aromatic rings. The minimum absolute atomic E-state index is 0.0750. The van der Waals surface area contributed by atoms with Crippen molar-refractivity contribution in [3.05, 3.63) is 42.0 Å². The van der Waals surface area contributed by atoms with Crippen molar-refractivity contribution in [3.63, 3.8) is 0 Å². The summed E-state index contributed by atoms with van der Waals surface area (Å²) in [6, 6.07) is 5.17. The van der Waals surface area contributed by atoms with Gasteiger partial charge in [-0.15, -0.1) is 6.58 Å². The van der Waals surface area contributed by atoms with E-state index in [-0.39, 0.29) is 18.3 Å². The first-order valence-corrected chi connectivity index (χ1v) is 10.2. The van der Waals surface area contributed by atoms with Gasteiger partial charge in [0.2, 0.25) is 5.96 Å². The molecule has 1 atom stereocenters. The molecule has 0 saturated heterocycles. The third-order valence-electron chi connectivity index (χ3n) is 5.16. The Labute approximate surface area is 177 Å². The van der Waals surface area contributed by atoms with Gasteiger partial charge in [-0.3, -0.25) is 4.79 Å². The van der Waals surface area contributed by atoms with E-state index in [0.29, 0.717) is 25.0 Å². The van der Waals surface area contributed by atoms with Crippen LogP contribution in [-0.2, 0) is 20.8 Å². The fourth-order valence-corrected chi connectivity index (χ4v) is 3.40. The Morgan fingerprint density at radius 3 is 2.93 bits per heavy atom. The quantitative estimate of drug-likeness (QED) is 0.159. The average Bonchev–Trinajstić information content (AvgIpc) is 2.77. The summed E-state index contributed by atoms with van der Waals surface area (Å²) in [6.07, 6.45) is 6.43. The van der Waals surface area contributed by atoms with Gasteiger partial charge in [0.05, 0.1) is 31.2 Å². The molecule has 1 aliphatic rings. The van der Waals surface area contributed by atoms with Crippen LogP contribution in [0.4, 0.5) is 0 Å². The lowest BCUT2D eigenvalue weighted by atomic mass is 9.87. The molecule has 8 heteroatoms. The normalized spacial score (nSPS) is 15.2. The molecule has 164 valence electrons. The Balaban J connectivity index is 2.06. The van der Waals surface area contributed by atoms with E-state index < -0.39 is 11.5 Å². The molecule has 0 aliphatic carbocycles.